The number of nitrogens with one attached hydrogen (secondary N) is 3. The van der Waals surface area contributed by atoms with Crippen LogP contribution in [-0.2, 0) is 24.4 Å². The van der Waals surface area contributed by atoms with Gasteiger partial charge < -0.3 is 20.9 Å². The Labute approximate surface area is 230 Å². The summed E-state index contributed by atoms with van der Waals surface area (Å²) in [5, 5.41) is 14.6. The second-order valence-electron chi connectivity index (χ2n) is 9.92. The largest absolute Gasteiger partial charge is 0.416 e. The van der Waals surface area contributed by atoms with Crippen molar-refractivity contribution >= 4 is 40.1 Å². The minimum Gasteiger partial charge on any atom is -0.354 e. The maximum absolute atomic E-state index is 13.0. The molecule has 2 aromatic heterocycles. The molecule has 0 bridgehead atoms. The number of amides is 1. The van der Waals surface area contributed by atoms with Crippen molar-refractivity contribution in [1.82, 2.24) is 24.6 Å². The minimum atomic E-state index is -4.46. The quantitative estimate of drug-likeness (QED) is 0.214. The van der Waals surface area contributed by atoms with Gasteiger partial charge in [0.05, 0.1) is 17.4 Å². The van der Waals surface area contributed by atoms with Crippen molar-refractivity contribution in [3.63, 3.8) is 0 Å². The molecule has 2 aromatic carbocycles. The highest BCUT2D eigenvalue weighted by molar-refractivity contribution is 5.94. The van der Waals surface area contributed by atoms with E-state index in [1.54, 1.807) is 30.1 Å². The number of halogens is 3. The van der Waals surface area contributed by atoms with Crippen LogP contribution in [-0.4, -0.2) is 57.7 Å². The number of benzene rings is 2. The van der Waals surface area contributed by atoms with Crippen molar-refractivity contribution in [2.24, 2.45) is 7.05 Å². The zero-order valence-electron chi connectivity index (χ0n) is 22.9. The van der Waals surface area contributed by atoms with E-state index < -0.39 is 17.6 Å². The fourth-order valence-corrected chi connectivity index (χ4v) is 4.18. The Bertz CT molecular complexity index is 1480. The number of carbonyl (C=O) groups is 1. The summed E-state index contributed by atoms with van der Waals surface area (Å²) in [4.78, 5) is 23.8. The maximum Gasteiger partial charge on any atom is 0.416 e. The van der Waals surface area contributed by atoms with E-state index in [-0.39, 0.29) is 12.0 Å². The minimum absolute atomic E-state index is 0.186. The summed E-state index contributed by atoms with van der Waals surface area (Å²) in [6.45, 7) is 3.71. The van der Waals surface area contributed by atoms with Gasteiger partial charge in [-0.3, -0.25) is 4.79 Å². The Balaban J connectivity index is 1.43. The van der Waals surface area contributed by atoms with Crippen molar-refractivity contribution in [2.75, 3.05) is 43.1 Å². The first-order valence-electron chi connectivity index (χ1n) is 12.9. The number of alkyl halides is 3. The van der Waals surface area contributed by atoms with Crippen molar-refractivity contribution in [1.29, 1.82) is 0 Å². The number of nitrogens with zero attached hydrogens (tertiary/aromatic N) is 5. The summed E-state index contributed by atoms with van der Waals surface area (Å²) in [5.74, 6) is 0.673. The van der Waals surface area contributed by atoms with E-state index in [4.69, 9.17) is 0 Å². The molecule has 0 unspecified atom stereocenters. The Morgan fingerprint density at radius 3 is 2.65 bits per heavy atom. The van der Waals surface area contributed by atoms with Crippen molar-refractivity contribution in [3.05, 3.63) is 65.4 Å². The summed E-state index contributed by atoms with van der Waals surface area (Å²) in [5.41, 5.74) is 2.28. The molecule has 4 rings (SSSR count). The predicted molar refractivity (Wildman–Crippen MR) is 151 cm³/mol. The summed E-state index contributed by atoms with van der Waals surface area (Å²) >= 11 is 0. The lowest BCUT2D eigenvalue weighted by molar-refractivity contribution is -0.137. The first kappa shape index (κ1) is 28.8. The lowest BCUT2D eigenvalue weighted by Gasteiger charge is -2.12. The van der Waals surface area contributed by atoms with Gasteiger partial charge in [0.15, 0.2) is 11.5 Å². The number of hydrogen-bond donors (Lipinski definition) is 3. The van der Waals surface area contributed by atoms with Crippen molar-refractivity contribution in [2.45, 2.75) is 32.4 Å². The van der Waals surface area contributed by atoms with Crippen LogP contribution in [0.5, 0.6) is 0 Å². The molecular formula is C28H33F3N8O. The lowest BCUT2D eigenvalue weighted by Crippen LogP contribution is -2.15. The molecule has 0 aliphatic rings. The van der Waals surface area contributed by atoms with Crippen LogP contribution in [0.15, 0.2) is 48.7 Å². The number of hydrogen-bond acceptors (Lipinski definition) is 7. The number of aromatic nitrogens is 4. The van der Waals surface area contributed by atoms with E-state index in [9.17, 15) is 18.0 Å². The molecule has 0 saturated carbocycles. The van der Waals surface area contributed by atoms with Crippen LogP contribution in [0.3, 0.4) is 0 Å². The Hall–Kier alpha value is -4.19. The monoisotopic (exact) mass is 554 g/mol. The molecule has 212 valence electrons. The van der Waals surface area contributed by atoms with E-state index >= 15 is 0 Å². The van der Waals surface area contributed by atoms with Crippen LogP contribution in [0.4, 0.5) is 36.3 Å². The number of unbranched alkanes of at least 4 members (excludes halogenated alkanes) is 1. The molecule has 4 aromatic rings. The summed E-state index contributed by atoms with van der Waals surface area (Å²) in [6.07, 6.45) is -0.852. The maximum atomic E-state index is 13.0. The van der Waals surface area contributed by atoms with Crippen LogP contribution in [0.1, 0.15) is 29.5 Å². The first-order chi connectivity index (χ1) is 19.0. The van der Waals surface area contributed by atoms with E-state index in [0.29, 0.717) is 28.8 Å². The fraction of sp³-hybridized carbons (Fsp3) is 0.357. The zero-order chi connectivity index (χ0) is 28.9. The van der Waals surface area contributed by atoms with Gasteiger partial charge in [-0.1, -0.05) is 24.3 Å². The third kappa shape index (κ3) is 7.47. The van der Waals surface area contributed by atoms with E-state index in [1.807, 2.05) is 13.0 Å². The topological polar surface area (TPSA) is 100 Å². The smallest absolute Gasteiger partial charge is 0.354 e. The van der Waals surface area contributed by atoms with Gasteiger partial charge in [0.25, 0.3) is 0 Å². The van der Waals surface area contributed by atoms with Crippen LogP contribution in [0.25, 0.3) is 11.0 Å². The average molecular weight is 555 g/mol. The number of fused-ring (bicyclic) bond motifs is 1. The zero-order valence-corrected chi connectivity index (χ0v) is 22.9. The molecule has 2 heterocycles. The van der Waals surface area contributed by atoms with Gasteiger partial charge in [-0.05, 0) is 69.7 Å². The molecule has 12 heteroatoms. The number of rotatable bonds is 11. The molecule has 0 saturated heterocycles. The summed E-state index contributed by atoms with van der Waals surface area (Å²) in [6, 6.07) is 10.1. The van der Waals surface area contributed by atoms with Gasteiger partial charge in [0.1, 0.15) is 0 Å². The molecule has 0 aliphatic heterocycles. The third-order valence-electron chi connectivity index (χ3n) is 6.29. The number of aryl methyl sites for hydroxylation is 2. The number of carbonyl (C=O) groups excluding carboxylic acids is 1. The SMILES string of the molecule is Cc1ccc(NC(=O)Cc2cccc(C(F)(F)F)c2)cc1Nc1nn(C)c2nc(NCCCCN(C)C)ncc12. The second-order valence-corrected chi connectivity index (χ2v) is 9.92. The highest BCUT2D eigenvalue weighted by Gasteiger charge is 2.30. The molecule has 0 atom stereocenters. The van der Waals surface area contributed by atoms with Gasteiger partial charge in [-0.2, -0.15) is 23.3 Å². The molecule has 3 N–H and O–H groups in total. The molecule has 0 fully saturated rings. The van der Waals surface area contributed by atoms with Crippen LogP contribution in [0.2, 0.25) is 0 Å². The predicted octanol–water partition coefficient (Wildman–Crippen LogP) is 5.37. The molecular weight excluding hydrogens is 521 g/mol. The third-order valence-corrected chi connectivity index (χ3v) is 6.29. The first-order valence-corrected chi connectivity index (χ1v) is 12.9. The molecule has 0 aliphatic carbocycles. The van der Waals surface area contributed by atoms with E-state index in [2.05, 4.69) is 50.0 Å². The van der Waals surface area contributed by atoms with Crippen LogP contribution in [0, 0.1) is 6.92 Å². The molecule has 0 spiro atoms. The highest BCUT2D eigenvalue weighted by Crippen LogP contribution is 2.30. The normalized spacial score (nSPS) is 11.7. The summed E-state index contributed by atoms with van der Waals surface area (Å²) in [7, 11) is 5.91. The standard InChI is InChI=1S/C28H33F3N8O/c1-18-10-11-21(34-24(40)15-19-8-7-9-20(14-19)28(29,30)31)16-23(18)35-25-22-17-33-27(36-26(22)39(4)37-25)32-12-5-6-13-38(2)3/h7-11,14,16-17H,5-6,12-13,15H2,1-4H3,(H,34,40)(H,35,37)(H,32,33,36). The van der Waals surface area contributed by atoms with Gasteiger partial charge >= 0.3 is 6.18 Å². The Morgan fingerprint density at radius 2 is 1.90 bits per heavy atom. The van der Waals surface area contributed by atoms with Crippen LogP contribution >= 0.6 is 0 Å². The highest BCUT2D eigenvalue weighted by atomic mass is 19.4. The molecule has 40 heavy (non-hydrogen) atoms. The fourth-order valence-electron chi connectivity index (χ4n) is 4.18. The second kappa shape index (κ2) is 12.3. The van der Waals surface area contributed by atoms with E-state index in [1.165, 1.54) is 12.1 Å². The Kier molecular flexibility index (Phi) is 8.88. The molecule has 9 nitrogen and oxygen atoms in total. The number of anilines is 4. The lowest BCUT2D eigenvalue weighted by atomic mass is 10.1. The van der Waals surface area contributed by atoms with Crippen molar-refractivity contribution < 1.29 is 18.0 Å². The van der Waals surface area contributed by atoms with Gasteiger partial charge in [0.2, 0.25) is 11.9 Å². The molecule has 0 radical (unpaired) electrons. The summed E-state index contributed by atoms with van der Waals surface area (Å²) < 4.78 is 40.7. The molecule has 1 amide bonds. The van der Waals surface area contributed by atoms with Crippen LogP contribution < -0.4 is 16.0 Å². The average Bonchev–Trinajstić information content (AvgIpc) is 3.19. The van der Waals surface area contributed by atoms with E-state index in [0.717, 1.165) is 49.0 Å². The van der Waals surface area contributed by atoms with Crippen molar-refractivity contribution in [3.8, 4) is 0 Å². The van der Waals surface area contributed by atoms with Gasteiger partial charge in [-0.25, -0.2) is 9.67 Å². The van der Waals surface area contributed by atoms with Gasteiger partial charge in [0, 0.05) is 31.2 Å². The Morgan fingerprint density at radius 1 is 1.10 bits per heavy atom. The van der Waals surface area contributed by atoms with Gasteiger partial charge in [-0.15, -0.1) is 0 Å².